The Balaban J connectivity index is 1.80. The Morgan fingerprint density at radius 2 is 1.78 bits per heavy atom. The lowest BCUT2D eigenvalue weighted by Crippen LogP contribution is -2.44. The number of hydrogen-bond donors (Lipinski definition) is 3. The molecule has 0 spiro atoms. The molecule has 0 bridgehead atoms. The number of hydrazine groups is 1. The lowest BCUT2D eigenvalue weighted by Gasteiger charge is -2.09. The third-order valence-electron chi connectivity index (χ3n) is 3.00. The van der Waals surface area contributed by atoms with Crippen molar-refractivity contribution in [3.05, 3.63) is 62.2 Å². The highest BCUT2D eigenvalue weighted by molar-refractivity contribution is 14.1. The number of anilines is 1. The summed E-state index contributed by atoms with van der Waals surface area (Å²) in [4.78, 5) is 23.7. The molecule has 0 atom stereocenters. The van der Waals surface area contributed by atoms with E-state index in [-0.39, 0.29) is 12.5 Å². The molecule has 7 heteroatoms. The summed E-state index contributed by atoms with van der Waals surface area (Å²) in [5.74, 6) is -0.745. The van der Waals surface area contributed by atoms with Crippen LogP contribution >= 0.6 is 34.2 Å². The lowest BCUT2D eigenvalue weighted by molar-refractivity contribution is -0.120. The molecule has 0 aromatic heterocycles. The van der Waals surface area contributed by atoms with Crippen LogP contribution < -0.4 is 16.2 Å². The van der Waals surface area contributed by atoms with E-state index in [0.29, 0.717) is 10.6 Å². The lowest BCUT2D eigenvalue weighted by atomic mass is 10.2. The van der Waals surface area contributed by atoms with Crippen molar-refractivity contribution in [1.82, 2.24) is 10.9 Å². The zero-order chi connectivity index (χ0) is 16.8. The molecule has 2 rings (SSSR count). The third-order valence-corrected chi connectivity index (χ3v) is 4.54. The van der Waals surface area contributed by atoms with Crippen molar-refractivity contribution in [2.24, 2.45) is 0 Å². The Morgan fingerprint density at radius 1 is 1.09 bits per heavy atom. The second-order valence-corrected chi connectivity index (χ2v) is 6.42. The van der Waals surface area contributed by atoms with E-state index >= 15 is 0 Å². The molecule has 3 N–H and O–H groups in total. The van der Waals surface area contributed by atoms with Gasteiger partial charge in [-0.3, -0.25) is 20.4 Å². The number of amides is 2. The molecule has 0 fully saturated rings. The number of hydrogen-bond acceptors (Lipinski definition) is 3. The van der Waals surface area contributed by atoms with Gasteiger partial charge in [-0.25, -0.2) is 0 Å². The molecule has 0 unspecified atom stereocenters. The molecular formula is C16H15ClIN3O2. The molecule has 2 aromatic rings. The molecule has 120 valence electrons. The van der Waals surface area contributed by atoms with Gasteiger partial charge in [-0.2, -0.15) is 0 Å². The number of carbonyl (C=O) groups is 2. The highest BCUT2D eigenvalue weighted by Crippen LogP contribution is 2.19. The fourth-order valence-electron chi connectivity index (χ4n) is 1.73. The van der Waals surface area contributed by atoms with Crippen molar-refractivity contribution in [2.45, 2.75) is 6.92 Å². The zero-order valence-electron chi connectivity index (χ0n) is 12.3. The van der Waals surface area contributed by atoms with Crippen molar-refractivity contribution < 1.29 is 9.59 Å². The maximum Gasteiger partial charge on any atom is 0.269 e. The largest absolute Gasteiger partial charge is 0.376 e. The first kappa shape index (κ1) is 17.6. The van der Waals surface area contributed by atoms with Crippen LogP contribution in [0, 0.1) is 10.5 Å². The van der Waals surface area contributed by atoms with E-state index in [1.807, 2.05) is 53.8 Å². The summed E-state index contributed by atoms with van der Waals surface area (Å²) in [6.07, 6.45) is 0. The molecule has 5 nitrogen and oxygen atoms in total. The van der Waals surface area contributed by atoms with Crippen molar-refractivity contribution in [3.63, 3.8) is 0 Å². The number of carbonyl (C=O) groups excluding carboxylic acids is 2. The van der Waals surface area contributed by atoms with Gasteiger partial charge in [0.2, 0.25) is 0 Å². The summed E-state index contributed by atoms with van der Waals surface area (Å²) in [5.41, 5.74) is 7.13. The van der Waals surface area contributed by atoms with E-state index < -0.39 is 5.91 Å². The van der Waals surface area contributed by atoms with E-state index in [2.05, 4.69) is 16.2 Å². The highest BCUT2D eigenvalue weighted by Gasteiger charge is 2.09. The molecule has 0 radical (unpaired) electrons. The summed E-state index contributed by atoms with van der Waals surface area (Å²) in [5, 5.41) is 3.55. The van der Waals surface area contributed by atoms with Gasteiger partial charge in [0.25, 0.3) is 11.8 Å². The average Bonchev–Trinajstić information content (AvgIpc) is 2.54. The first-order chi connectivity index (χ1) is 11.0. The molecule has 23 heavy (non-hydrogen) atoms. The fraction of sp³-hybridized carbons (Fsp3) is 0.125. The average molecular weight is 444 g/mol. The summed E-state index contributed by atoms with van der Waals surface area (Å²) >= 11 is 7.94. The van der Waals surface area contributed by atoms with Gasteiger partial charge >= 0.3 is 0 Å². The van der Waals surface area contributed by atoms with Crippen LogP contribution in [-0.4, -0.2) is 18.4 Å². The molecule has 0 aliphatic rings. The second-order valence-electron chi connectivity index (χ2n) is 4.85. The van der Waals surface area contributed by atoms with E-state index in [9.17, 15) is 9.59 Å². The molecular weight excluding hydrogens is 429 g/mol. The topological polar surface area (TPSA) is 70.2 Å². The van der Waals surface area contributed by atoms with E-state index in [0.717, 1.165) is 14.8 Å². The number of nitrogens with one attached hydrogen (secondary N) is 3. The summed E-state index contributed by atoms with van der Waals surface area (Å²) in [6, 6.07) is 12.5. The molecule has 0 aliphatic carbocycles. The van der Waals surface area contributed by atoms with Crippen LogP contribution in [0.4, 0.5) is 5.69 Å². The molecule has 2 amide bonds. The van der Waals surface area contributed by atoms with E-state index in [1.165, 1.54) is 0 Å². The fourth-order valence-corrected chi connectivity index (χ4v) is 2.37. The SMILES string of the molecule is Cc1ccc(NCC(=O)NNC(=O)c2ccc(Cl)c(I)c2)cc1. The molecule has 0 heterocycles. The van der Waals surface area contributed by atoms with E-state index in [4.69, 9.17) is 11.6 Å². The summed E-state index contributed by atoms with van der Waals surface area (Å²) in [6.45, 7) is 2.05. The van der Waals surface area contributed by atoms with E-state index in [1.54, 1.807) is 18.2 Å². The molecule has 0 aliphatic heterocycles. The van der Waals surface area contributed by atoms with Crippen molar-refractivity contribution >= 4 is 51.7 Å². The van der Waals surface area contributed by atoms with Crippen molar-refractivity contribution in [1.29, 1.82) is 0 Å². The minimum absolute atomic E-state index is 0.0570. The quantitative estimate of drug-likeness (QED) is 0.502. The Kier molecular flexibility index (Phi) is 6.23. The number of benzene rings is 2. The van der Waals surface area contributed by atoms with Crippen LogP contribution in [0.5, 0.6) is 0 Å². The Hall–Kier alpha value is -1.80. The number of halogens is 2. The predicted octanol–water partition coefficient (Wildman–Crippen LogP) is 3.13. The minimum Gasteiger partial charge on any atom is -0.376 e. The molecule has 0 saturated heterocycles. The minimum atomic E-state index is -0.400. The predicted molar refractivity (Wildman–Crippen MR) is 99.4 cm³/mol. The van der Waals surface area contributed by atoms with Gasteiger partial charge in [0, 0.05) is 14.8 Å². The highest BCUT2D eigenvalue weighted by atomic mass is 127. The van der Waals surface area contributed by atoms with Crippen LogP contribution in [0.1, 0.15) is 15.9 Å². The van der Waals surface area contributed by atoms with Gasteiger partial charge in [0.05, 0.1) is 11.6 Å². The first-order valence-corrected chi connectivity index (χ1v) is 8.26. The molecule has 2 aromatic carbocycles. The maximum atomic E-state index is 11.9. The van der Waals surface area contributed by atoms with Gasteiger partial charge in [0.1, 0.15) is 0 Å². The van der Waals surface area contributed by atoms with Gasteiger partial charge < -0.3 is 5.32 Å². The Morgan fingerprint density at radius 3 is 2.43 bits per heavy atom. The van der Waals surface area contributed by atoms with Gasteiger partial charge in [-0.1, -0.05) is 29.3 Å². The third kappa shape index (κ3) is 5.40. The van der Waals surface area contributed by atoms with Crippen LogP contribution in [0.2, 0.25) is 5.02 Å². The van der Waals surface area contributed by atoms with Crippen LogP contribution in [0.25, 0.3) is 0 Å². The van der Waals surface area contributed by atoms with Crippen LogP contribution in [0.3, 0.4) is 0 Å². The Bertz CT molecular complexity index is 720. The van der Waals surface area contributed by atoms with Crippen LogP contribution in [-0.2, 0) is 4.79 Å². The monoisotopic (exact) mass is 443 g/mol. The van der Waals surface area contributed by atoms with Crippen molar-refractivity contribution in [3.8, 4) is 0 Å². The smallest absolute Gasteiger partial charge is 0.269 e. The Labute approximate surface area is 152 Å². The second kappa shape index (κ2) is 8.16. The maximum absolute atomic E-state index is 11.9. The number of aryl methyl sites for hydroxylation is 1. The first-order valence-electron chi connectivity index (χ1n) is 6.80. The van der Waals surface area contributed by atoms with Gasteiger partial charge in [-0.05, 0) is 59.8 Å². The van der Waals surface area contributed by atoms with Crippen molar-refractivity contribution in [2.75, 3.05) is 11.9 Å². The van der Waals surface area contributed by atoms with Gasteiger partial charge in [-0.15, -0.1) is 0 Å². The summed E-state index contributed by atoms with van der Waals surface area (Å²) < 4.78 is 0.768. The standard InChI is InChI=1S/C16H15ClIN3O2/c1-10-2-5-12(6-3-10)19-9-15(22)20-21-16(23)11-4-7-13(17)14(18)8-11/h2-8,19H,9H2,1H3,(H,20,22)(H,21,23). The molecule has 0 saturated carbocycles. The summed E-state index contributed by atoms with van der Waals surface area (Å²) in [7, 11) is 0. The zero-order valence-corrected chi connectivity index (χ0v) is 15.2. The van der Waals surface area contributed by atoms with Gasteiger partial charge in [0.15, 0.2) is 0 Å². The number of rotatable bonds is 4. The normalized spacial score (nSPS) is 10.0. The van der Waals surface area contributed by atoms with Crippen LogP contribution in [0.15, 0.2) is 42.5 Å².